The summed E-state index contributed by atoms with van der Waals surface area (Å²) in [6.07, 6.45) is 1.93. The summed E-state index contributed by atoms with van der Waals surface area (Å²) in [7, 11) is 0. The first-order valence-electron chi connectivity index (χ1n) is 9.16. The number of hydrogen-bond donors (Lipinski definition) is 2. The number of hydrogen-bond acceptors (Lipinski definition) is 6. The van der Waals surface area contributed by atoms with Crippen LogP contribution in [-0.4, -0.2) is 49.3 Å². The van der Waals surface area contributed by atoms with Gasteiger partial charge in [-0.1, -0.05) is 0 Å². The highest BCUT2D eigenvalue weighted by Crippen LogP contribution is 2.20. The standard InChI is InChI=1S/C20H26N4O3.ClH/c1-14-12-24(13-15(2)27-14)19-8-3-16(11-22-19)20(25)23-17-4-6-18(7-5-17)26-10-9-21;/h3-8,11,14-15H,9-10,12-13,21H2,1-2H3,(H,23,25);1H. The minimum Gasteiger partial charge on any atom is -0.492 e. The maximum absolute atomic E-state index is 12.4. The first-order chi connectivity index (χ1) is 13.0. The van der Waals surface area contributed by atoms with Gasteiger partial charge in [0.05, 0.1) is 17.8 Å². The number of rotatable bonds is 6. The lowest BCUT2D eigenvalue weighted by molar-refractivity contribution is -0.00546. The minimum atomic E-state index is -0.201. The molecule has 0 bridgehead atoms. The predicted octanol–water partition coefficient (Wildman–Crippen LogP) is 2.71. The van der Waals surface area contributed by atoms with Crippen molar-refractivity contribution in [2.45, 2.75) is 26.1 Å². The summed E-state index contributed by atoms with van der Waals surface area (Å²) in [5.74, 6) is 1.38. The van der Waals surface area contributed by atoms with Gasteiger partial charge in [0, 0.05) is 31.5 Å². The summed E-state index contributed by atoms with van der Waals surface area (Å²) in [4.78, 5) is 19.1. The monoisotopic (exact) mass is 406 g/mol. The molecule has 0 aliphatic carbocycles. The third-order valence-electron chi connectivity index (χ3n) is 4.25. The molecule has 2 heterocycles. The van der Waals surface area contributed by atoms with Gasteiger partial charge in [-0.2, -0.15) is 0 Å². The molecule has 1 fully saturated rings. The Bertz CT molecular complexity index is 745. The third-order valence-corrected chi connectivity index (χ3v) is 4.25. The molecule has 1 aliphatic heterocycles. The summed E-state index contributed by atoms with van der Waals surface area (Å²) in [5, 5.41) is 2.86. The van der Waals surface area contributed by atoms with Crippen LogP contribution in [0.25, 0.3) is 0 Å². The second-order valence-electron chi connectivity index (χ2n) is 6.68. The molecule has 1 aliphatic rings. The first-order valence-corrected chi connectivity index (χ1v) is 9.16. The molecule has 152 valence electrons. The Kier molecular flexibility index (Phi) is 8.04. The van der Waals surface area contributed by atoms with Crippen LogP contribution in [0.1, 0.15) is 24.2 Å². The molecular weight excluding hydrogens is 380 g/mol. The summed E-state index contributed by atoms with van der Waals surface area (Å²) in [6.45, 7) is 6.62. The second-order valence-corrected chi connectivity index (χ2v) is 6.68. The lowest BCUT2D eigenvalue weighted by atomic mass is 10.2. The number of ether oxygens (including phenoxy) is 2. The number of carbonyl (C=O) groups excluding carboxylic acids is 1. The first kappa shape index (κ1) is 21.9. The van der Waals surface area contributed by atoms with Crippen LogP contribution in [0.4, 0.5) is 11.5 Å². The van der Waals surface area contributed by atoms with Crippen molar-refractivity contribution in [3.8, 4) is 5.75 Å². The van der Waals surface area contributed by atoms with Crippen LogP contribution in [0.3, 0.4) is 0 Å². The van der Waals surface area contributed by atoms with Crippen molar-refractivity contribution in [1.29, 1.82) is 0 Å². The molecule has 28 heavy (non-hydrogen) atoms. The molecule has 8 heteroatoms. The Balaban J connectivity index is 0.00000280. The van der Waals surface area contributed by atoms with Gasteiger partial charge >= 0.3 is 0 Å². The Morgan fingerprint density at radius 2 is 1.89 bits per heavy atom. The van der Waals surface area contributed by atoms with Crippen LogP contribution < -0.4 is 20.7 Å². The van der Waals surface area contributed by atoms with Gasteiger partial charge in [-0.05, 0) is 50.2 Å². The highest BCUT2D eigenvalue weighted by molar-refractivity contribution is 6.04. The van der Waals surface area contributed by atoms with Gasteiger partial charge in [0.1, 0.15) is 18.2 Å². The average molecular weight is 407 g/mol. The van der Waals surface area contributed by atoms with Crippen LogP contribution >= 0.6 is 12.4 Å². The Morgan fingerprint density at radius 3 is 2.46 bits per heavy atom. The normalized spacial score (nSPS) is 18.9. The summed E-state index contributed by atoms with van der Waals surface area (Å²) < 4.78 is 11.2. The van der Waals surface area contributed by atoms with Crippen LogP contribution in [-0.2, 0) is 4.74 Å². The second kappa shape index (κ2) is 10.3. The molecule has 3 N–H and O–H groups in total. The molecule has 1 aromatic carbocycles. The maximum Gasteiger partial charge on any atom is 0.257 e. The number of morpholine rings is 1. The smallest absolute Gasteiger partial charge is 0.257 e. The fourth-order valence-electron chi connectivity index (χ4n) is 3.09. The number of carbonyl (C=O) groups is 1. The van der Waals surface area contributed by atoms with E-state index in [0.29, 0.717) is 24.4 Å². The van der Waals surface area contributed by atoms with Crippen LogP contribution in [0.15, 0.2) is 42.6 Å². The topological polar surface area (TPSA) is 89.7 Å². The van der Waals surface area contributed by atoms with Crippen LogP contribution in [0, 0.1) is 0 Å². The van der Waals surface area contributed by atoms with Crippen molar-refractivity contribution in [2.24, 2.45) is 5.73 Å². The maximum atomic E-state index is 12.4. The van der Waals surface area contributed by atoms with E-state index < -0.39 is 0 Å². The fraction of sp³-hybridized carbons (Fsp3) is 0.400. The highest BCUT2D eigenvalue weighted by Gasteiger charge is 2.23. The molecule has 1 aromatic heterocycles. The van der Waals surface area contributed by atoms with E-state index in [9.17, 15) is 4.79 Å². The molecule has 0 radical (unpaired) electrons. The number of amides is 1. The number of pyridine rings is 1. The van der Waals surface area contributed by atoms with Crippen molar-refractivity contribution >= 4 is 29.8 Å². The van der Waals surface area contributed by atoms with Crippen molar-refractivity contribution in [1.82, 2.24) is 4.98 Å². The average Bonchev–Trinajstić information content (AvgIpc) is 2.67. The van der Waals surface area contributed by atoms with Gasteiger partial charge in [0.15, 0.2) is 0 Å². The lowest BCUT2D eigenvalue weighted by Crippen LogP contribution is -2.45. The molecular formula is C20H27ClN4O3. The van der Waals surface area contributed by atoms with E-state index >= 15 is 0 Å². The number of anilines is 2. The molecule has 0 saturated carbocycles. The largest absolute Gasteiger partial charge is 0.492 e. The molecule has 2 unspecified atom stereocenters. The van der Waals surface area contributed by atoms with Crippen LogP contribution in [0.2, 0.25) is 0 Å². The number of nitrogens with zero attached hydrogens (tertiary/aromatic N) is 2. The Morgan fingerprint density at radius 1 is 1.21 bits per heavy atom. The van der Waals surface area contributed by atoms with E-state index in [-0.39, 0.29) is 30.5 Å². The Labute approximate surface area is 171 Å². The van der Waals surface area contributed by atoms with Gasteiger partial charge in [0.25, 0.3) is 5.91 Å². The summed E-state index contributed by atoms with van der Waals surface area (Å²) in [5.41, 5.74) is 6.62. The summed E-state index contributed by atoms with van der Waals surface area (Å²) >= 11 is 0. The zero-order valence-electron chi connectivity index (χ0n) is 16.1. The van der Waals surface area contributed by atoms with Crippen LogP contribution in [0.5, 0.6) is 5.75 Å². The van der Waals surface area contributed by atoms with E-state index in [1.54, 1.807) is 36.5 Å². The van der Waals surface area contributed by atoms with E-state index in [1.165, 1.54) is 0 Å². The van der Waals surface area contributed by atoms with Crippen molar-refractivity contribution in [3.05, 3.63) is 48.2 Å². The number of aromatic nitrogens is 1. The zero-order chi connectivity index (χ0) is 19.2. The van der Waals surface area contributed by atoms with E-state index in [2.05, 4.69) is 29.0 Å². The third kappa shape index (κ3) is 5.82. The van der Waals surface area contributed by atoms with Crippen molar-refractivity contribution in [2.75, 3.05) is 36.5 Å². The SMILES string of the molecule is CC1CN(c2ccc(C(=O)Nc3ccc(OCCN)cc3)cn2)CC(C)O1.Cl. The molecule has 2 aromatic rings. The van der Waals surface area contributed by atoms with Gasteiger partial charge in [-0.25, -0.2) is 4.98 Å². The number of nitrogens with two attached hydrogens (primary N) is 1. The molecule has 1 saturated heterocycles. The fourth-order valence-corrected chi connectivity index (χ4v) is 3.09. The predicted molar refractivity (Wildman–Crippen MR) is 113 cm³/mol. The lowest BCUT2D eigenvalue weighted by Gasteiger charge is -2.36. The molecule has 2 atom stereocenters. The zero-order valence-corrected chi connectivity index (χ0v) is 16.9. The number of benzene rings is 1. The van der Waals surface area contributed by atoms with E-state index in [0.717, 1.165) is 24.7 Å². The molecule has 7 nitrogen and oxygen atoms in total. The van der Waals surface area contributed by atoms with Gasteiger partial charge in [-0.3, -0.25) is 4.79 Å². The molecule has 0 spiro atoms. The van der Waals surface area contributed by atoms with Gasteiger partial charge < -0.3 is 25.4 Å². The van der Waals surface area contributed by atoms with Crippen molar-refractivity contribution < 1.29 is 14.3 Å². The number of nitrogens with one attached hydrogen (secondary N) is 1. The highest BCUT2D eigenvalue weighted by atomic mass is 35.5. The van der Waals surface area contributed by atoms with Gasteiger partial charge in [0.2, 0.25) is 0 Å². The van der Waals surface area contributed by atoms with E-state index in [4.69, 9.17) is 15.2 Å². The molecule has 1 amide bonds. The summed E-state index contributed by atoms with van der Waals surface area (Å²) in [6, 6.07) is 10.9. The Hall–Kier alpha value is -2.35. The van der Waals surface area contributed by atoms with Gasteiger partial charge in [-0.15, -0.1) is 12.4 Å². The number of halogens is 1. The minimum absolute atomic E-state index is 0. The quantitative estimate of drug-likeness (QED) is 0.766. The van der Waals surface area contributed by atoms with Crippen molar-refractivity contribution in [3.63, 3.8) is 0 Å². The van der Waals surface area contributed by atoms with E-state index in [1.807, 2.05) is 6.07 Å². The molecule has 3 rings (SSSR count).